The Balaban J connectivity index is 1.38. The van der Waals surface area contributed by atoms with Crippen molar-refractivity contribution in [2.75, 3.05) is 20.8 Å². The summed E-state index contributed by atoms with van der Waals surface area (Å²) in [5, 5.41) is 10.4. The molecule has 0 fully saturated rings. The molecule has 1 aromatic heterocycles. The van der Waals surface area contributed by atoms with E-state index in [1.54, 1.807) is 30.3 Å². The van der Waals surface area contributed by atoms with Crippen LogP contribution in [-0.2, 0) is 26.0 Å². The number of allylic oxidation sites excluding steroid dienone is 2. The van der Waals surface area contributed by atoms with E-state index in [1.165, 1.54) is 26.5 Å². The Bertz CT molecular complexity index is 1630. The number of carbonyl (C=O) groups is 2. The van der Waals surface area contributed by atoms with Crippen LogP contribution in [0.5, 0.6) is 17.2 Å². The monoisotopic (exact) mass is 566 g/mol. The molecule has 2 aliphatic carbocycles. The number of methoxy groups -OCH3 is 2. The second-order valence-corrected chi connectivity index (χ2v) is 11.4. The number of carboxylic acid groups (broad SMARTS) is 1. The van der Waals surface area contributed by atoms with E-state index >= 15 is 0 Å². The van der Waals surface area contributed by atoms with Crippen molar-refractivity contribution in [3.8, 4) is 17.2 Å². The molecule has 0 radical (unpaired) electrons. The number of para-hydroxylation sites is 1. The van der Waals surface area contributed by atoms with Gasteiger partial charge in [0.15, 0.2) is 17.3 Å². The van der Waals surface area contributed by atoms with Gasteiger partial charge in [-0.2, -0.15) is 4.72 Å². The number of ketones is 1. The van der Waals surface area contributed by atoms with Gasteiger partial charge in [0.2, 0.25) is 15.8 Å². The Morgan fingerprint density at radius 1 is 1.05 bits per heavy atom. The highest BCUT2D eigenvalue weighted by molar-refractivity contribution is 7.89. The van der Waals surface area contributed by atoms with E-state index in [0.717, 1.165) is 41.5 Å². The number of carboxylic acids is 1. The predicted octanol–water partition coefficient (Wildman–Crippen LogP) is 3.91. The van der Waals surface area contributed by atoms with Crippen LogP contribution in [0.25, 0.3) is 16.5 Å². The second kappa shape index (κ2) is 11.3. The molecule has 3 aromatic rings. The Hall–Kier alpha value is -3.96. The van der Waals surface area contributed by atoms with Gasteiger partial charge in [0, 0.05) is 30.0 Å². The first kappa shape index (κ1) is 27.6. The molecule has 0 bridgehead atoms. The zero-order chi connectivity index (χ0) is 28.4. The number of pyridine rings is 1. The number of aliphatic carboxylic acids is 1. The third kappa shape index (κ3) is 5.14. The zero-order valence-corrected chi connectivity index (χ0v) is 23.0. The highest BCUT2D eigenvalue weighted by Crippen LogP contribution is 2.50. The fourth-order valence-corrected chi connectivity index (χ4v) is 6.88. The Kier molecular flexibility index (Phi) is 7.77. The van der Waals surface area contributed by atoms with Gasteiger partial charge >= 0.3 is 5.97 Å². The van der Waals surface area contributed by atoms with Crippen LogP contribution in [0, 0.1) is 0 Å². The zero-order valence-electron chi connectivity index (χ0n) is 22.2. The number of sulfonamides is 1. The van der Waals surface area contributed by atoms with Crippen LogP contribution in [0.4, 0.5) is 0 Å². The van der Waals surface area contributed by atoms with Gasteiger partial charge in [-0.05, 0) is 60.6 Å². The van der Waals surface area contributed by atoms with Gasteiger partial charge in [0.25, 0.3) is 0 Å². The predicted molar refractivity (Wildman–Crippen MR) is 147 cm³/mol. The number of benzene rings is 2. The van der Waals surface area contributed by atoms with Crippen LogP contribution in [0.15, 0.2) is 53.1 Å². The SMILES string of the molecule is COc1c(OCCC(NS(=O)(=O)c2cccc3cccnc23)C(=O)O)cc2c(c1OC)C1=C(CCC1)C(=O)CC2. The summed E-state index contributed by atoms with van der Waals surface area (Å²) in [6, 6.07) is 8.46. The number of nitrogens with zero attached hydrogens (tertiary/aromatic N) is 1. The summed E-state index contributed by atoms with van der Waals surface area (Å²) < 4.78 is 46.0. The molecule has 0 aliphatic heterocycles. The lowest BCUT2D eigenvalue weighted by atomic mass is 9.95. The lowest BCUT2D eigenvalue weighted by Gasteiger charge is -2.21. The summed E-state index contributed by atoms with van der Waals surface area (Å²) in [5.41, 5.74) is 3.85. The van der Waals surface area contributed by atoms with E-state index in [-0.39, 0.29) is 29.2 Å². The fraction of sp³-hybridized carbons (Fsp3) is 0.345. The van der Waals surface area contributed by atoms with Gasteiger partial charge in [-0.15, -0.1) is 0 Å². The highest BCUT2D eigenvalue weighted by atomic mass is 32.2. The lowest BCUT2D eigenvalue weighted by molar-refractivity contribution is -0.139. The molecule has 2 aromatic carbocycles. The molecule has 5 rings (SSSR count). The van der Waals surface area contributed by atoms with E-state index in [0.29, 0.717) is 35.5 Å². The van der Waals surface area contributed by atoms with Gasteiger partial charge in [-0.1, -0.05) is 18.2 Å². The highest BCUT2D eigenvalue weighted by Gasteiger charge is 2.32. The van der Waals surface area contributed by atoms with Crippen LogP contribution in [-0.4, -0.2) is 57.1 Å². The van der Waals surface area contributed by atoms with E-state index in [2.05, 4.69) is 9.71 Å². The molecule has 0 amide bonds. The smallest absolute Gasteiger partial charge is 0.321 e. The first-order chi connectivity index (χ1) is 19.2. The third-order valence-corrected chi connectivity index (χ3v) is 8.82. The molecule has 1 atom stereocenters. The number of rotatable bonds is 10. The molecular formula is C29H30N2O8S. The standard InChI is InChI=1S/C29H30N2O8S/c1-37-27-23(16-18-11-12-22(32)19-8-4-9-20(19)25(18)28(27)38-2)39-15-13-21(29(33)34)31-40(35,36)24-10-3-6-17-7-5-14-30-26(17)24/h3,5-7,10,14,16,21,31H,4,8-9,11-13,15H2,1-2H3,(H,33,34). The quantitative estimate of drug-likeness (QED) is 0.374. The largest absolute Gasteiger partial charge is 0.492 e. The van der Waals surface area contributed by atoms with Crippen molar-refractivity contribution in [3.05, 3.63) is 59.3 Å². The number of nitrogens with one attached hydrogen (secondary N) is 1. The molecule has 1 unspecified atom stereocenters. The van der Waals surface area contributed by atoms with E-state index in [1.807, 2.05) is 0 Å². The maximum Gasteiger partial charge on any atom is 0.321 e. The third-order valence-electron chi connectivity index (χ3n) is 7.31. The molecular weight excluding hydrogens is 536 g/mol. The minimum Gasteiger partial charge on any atom is -0.492 e. The van der Waals surface area contributed by atoms with Crippen molar-refractivity contribution in [1.29, 1.82) is 0 Å². The van der Waals surface area contributed by atoms with Gasteiger partial charge in [0.1, 0.15) is 10.9 Å². The molecule has 10 nitrogen and oxygen atoms in total. The number of ether oxygens (including phenoxy) is 3. The van der Waals surface area contributed by atoms with Gasteiger partial charge in [-0.25, -0.2) is 8.42 Å². The van der Waals surface area contributed by atoms with Crippen molar-refractivity contribution >= 4 is 38.3 Å². The Morgan fingerprint density at radius 3 is 2.55 bits per heavy atom. The molecule has 0 saturated heterocycles. The minimum atomic E-state index is -4.21. The van der Waals surface area contributed by atoms with E-state index in [4.69, 9.17) is 14.2 Å². The number of carbonyl (C=O) groups excluding carboxylic acids is 1. The van der Waals surface area contributed by atoms with Gasteiger partial charge in [-0.3, -0.25) is 14.6 Å². The van der Waals surface area contributed by atoms with Crippen molar-refractivity contribution in [1.82, 2.24) is 9.71 Å². The summed E-state index contributed by atoms with van der Waals surface area (Å²) in [6.45, 7) is -0.127. The van der Waals surface area contributed by atoms with Crippen LogP contribution in [0.3, 0.4) is 0 Å². The van der Waals surface area contributed by atoms with Crippen molar-refractivity contribution in [2.24, 2.45) is 0 Å². The first-order valence-electron chi connectivity index (χ1n) is 13.0. The summed E-state index contributed by atoms with van der Waals surface area (Å²) in [7, 11) is -1.20. The first-order valence-corrected chi connectivity index (χ1v) is 14.5. The van der Waals surface area contributed by atoms with Crippen molar-refractivity contribution in [2.45, 2.75) is 49.5 Å². The maximum absolute atomic E-state index is 13.2. The number of hydrogen-bond donors (Lipinski definition) is 2. The van der Waals surface area contributed by atoms with E-state index in [9.17, 15) is 23.1 Å². The molecule has 1 heterocycles. The van der Waals surface area contributed by atoms with Crippen LogP contribution < -0.4 is 18.9 Å². The summed E-state index contributed by atoms with van der Waals surface area (Å²) in [5.74, 6) is -0.0595. The Labute approximate surface area is 232 Å². The lowest BCUT2D eigenvalue weighted by Crippen LogP contribution is -2.41. The van der Waals surface area contributed by atoms with Crippen molar-refractivity contribution in [3.63, 3.8) is 0 Å². The number of fused-ring (bicyclic) bond motifs is 3. The molecule has 40 heavy (non-hydrogen) atoms. The molecule has 11 heteroatoms. The average Bonchev–Trinajstić information content (AvgIpc) is 3.39. The summed E-state index contributed by atoms with van der Waals surface area (Å²) in [6.07, 6.45) is 4.64. The summed E-state index contributed by atoms with van der Waals surface area (Å²) in [4.78, 5) is 28.8. The number of hydrogen-bond acceptors (Lipinski definition) is 8. The summed E-state index contributed by atoms with van der Waals surface area (Å²) >= 11 is 0. The maximum atomic E-state index is 13.2. The minimum absolute atomic E-state index is 0.106. The second-order valence-electron chi connectivity index (χ2n) is 9.69. The molecule has 2 N–H and O–H groups in total. The van der Waals surface area contributed by atoms with Gasteiger partial charge in [0.05, 0.1) is 26.3 Å². The molecule has 0 spiro atoms. The molecule has 0 saturated carbocycles. The van der Waals surface area contributed by atoms with Crippen LogP contribution >= 0.6 is 0 Å². The van der Waals surface area contributed by atoms with Crippen LogP contribution in [0.1, 0.15) is 43.2 Å². The number of aryl methyl sites for hydroxylation is 1. The topological polar surface area (TPSA) is 141 Å². The normalized spacial score (nSPS) is 15.8. The average molecular weight is 567 g/mol. The van der Waals surface area contributed by atoms with Gasteiger partial charge < -0.3 is 19.3 Å². The number of aromatic nitrogens is 1. The molecule has 210 valence electrons. The number of Topliss-reactive ketones (excluding diaryl/α,β-unsaturated/α-hetero) is 1. The fourth-order valence-electron chi connectivity index (χ4n) is 5.48. The van der Waals surface area contributed by atoms with Crippen LogP contribution in [0.2, 0.25) is 0 Å². The van der Waals surface area contributed by atoms with E-state index < -0.39 is 22.0 Å². The van der Waals surface area contributed by atoms with Crippen molar-refractivity contribution < 1.29 is 37.3 Å². The molecule has 2 aliphatic rings. The Morgan fingerprint density at radius 2 is 1.80 bits per heavy atom.